The third kappa shape index (κ3) is 3.65. The van der Waals surface area contributed by atoms with E-state index in [1.807, 2.05) is 0 Å². The second-order valence-electron chi connectivity index (χ2n) is 5.25. The van der Waals surface area contributed by atoms with Crippen molar-refractivity contribution in [3.8, 4) is 0 Å². The first-order valence-electron chi connectivity index (χ1n) is 7.31. The van der Waals surface area contributed by atoms with Crippen molar-refractivity contribution in [1.82, 2.24) is 4.90 Å². The summed E-state index contributed by atoms with van der Waals surface area (Å²) < 4.78 is 44.2. The lowest BCUT2D eigenvalue weighted by molar-refractivity contribution is -0.229. The number of amides is 2. The number of hydrogen-bond acceptors (Lipinski definition) is 4. The van der Waals surface area contributed by atoms with E-state index in [1.54, 1.807) is 18.2 Å². The molecule has 2 unspecified atom stereocenters. The van der Waals surface area contributed by atoms with Gasteiger partial charge in [-0.25, -0.2) is 9.69 Å². The molecular weight excluding hydrogens is 341 g/mol. The predicted molar refractivity (Wildman–Crippen MR) is 79.5 cm³/mol. The van der Waals surface area contributed by atoms with Crippen LogP contribution in [0.4, 0.5) is 13.2 Å². The van der Waals surface area contributed by atoms with Gasteiger partial charge in [0.1, 0.15) is 5.92 Å². The second-order valence-corrected chi connectivity index (χ2v) is 5.25. The van der Waals surface area contributed by atoms with Crippen LogP contribution in [-0.4, -0.2) is 35.6 Å². The zero-order valence-corrected chi connectivity index (χ0v) is 13.1. The molecule has 25 heavy (non-hydrogen) atoms. The third-order valence-electron chi connectivity index (χ3n) is 3.69. The zero-order chi connectivity index (χ0) is 18.8. The molecule has 6 nitrogen and oxygen atoms in total. The summed E-state index contributed by atoms with van der Waals surface area (Å²) in [5.74, 6) is -6.99. The van der Waals surface area contributed by atoms with Crippen molar-refractivity contribution < 1.29 is 32.3 Å². The highest BCUT2D eigenvalue weighted by Crippen LogP contribution is 2.40. The van der Waals surface area contributed by atoms with E-state index in [9.17, 15) is 27.6 Å². The summed E-state index contributed by atoms with van der Waals surface area (Å²) in [4.78, 5) is 35.6. The van der Waals surface area contributed by atoms with Crippen molar-refractivity contribution in [2.75, 3.05) is 6.61 Å². The van der Waals surface area contributed by atoms with Gasteiger partial charge in [-0.1, -0.05) is 30.3 Å². The monoisotopic (exact) mass is 356 g/mol. The smallest absolute Gasteiger partial charge is 0.463 e. The molecule has 0 spiro atoms. The molecule has 2 amide bonds. The fraction of sp³-hybridized carbons (Fsp3) is 0.312. The van der Waals surface area contributed by atoms with E-state index in [0.29, 0.717) is 11.8 Å². The molecule has 0 saturated heterocycles. The minimum Gasteiger partial charge on any atom is -0.463 e. The number of hydrogen-bond donors (Lipinski definition) is 1. The Morgan fingerprint density at radius 3 is 2.32 bits per heavy atom. The summed E-state index contributed by atoms with van der Waals surface area (Å²) in [6.07, 6.45) is -4.73. The molecule has 1 heterocycles. The lowest BCUT2D eigenvalue weighted by Crippen LogP contribution is -2.52. The Labute approximate surface area is 141 Å². The van der Waals surface area contributed by atoms with Gasteiger partial charge in [0, 0.05) is 12.1 Å². The Kier molecular flexibility index (Phi) is 5.15. The van der Waals surface area contributed by atoms with E-state index >= 15 is 0 Å². The largest absolute Gasteiger partial charge is 0.491 e. The molecular formula is C16H15F3N2O4. The van der Waals surface area contributed by atoms with Crippen LogP contribution in [0.25, 0.3) is 0 Å². The highest BCUT2D eigenvalue weighted by atomic mass is 19.4. The van der Waals surface area contributed by atoms with Crippen LogP contribution in [0.5, 0.6) is 0 Å². The van der Waals surface area contributed by atoms with E-state index in [1.165, 1.54) is 19.1 Å². The van der Waals surface area contributed by atoms with Crippen LogP contribution < -0.4 is 5.73 Å². The molecule has 0 saturated carbocycles. The first-order chi connectivity index (χ1) is 11.7. The molecule has 1 aromatic carbocycles. The molecule has 0 fully saturated rings. The van der Waals surface area contributed by atoms with Crippen molar-refractivity contribution in [2.24, 2.45) is 11.7 Å². The summed E-state index contributed by atoms with van der Waals surface area (Å²) in [7, 11) is 0. The zero-order valence-electron chi connectivity index (χ0n) is 13.1. The Bertz CT molecular complexity index is 716. The highest BCUT2D eigenvalue weighted by Gasteiger charge is 2.52. The van der Waals surface area contributed by atoms with Gasteiger partial charge in [-0.05, 0) is 12.5 Å². The maximum atomic E-state index is 13.1. The number of esters is 1. The van der Waals surface area contributed by atoms with Crippen LogP contribution in [0.15, 0.2) is 42.1 Å². The Morgan fingerprint density at radius 2 is 1.84 bits per heavy atom. The Morgan fingerprint density at radius 1 is 1.24 bits per heavy atom. The fourth-order valence-corrected chi connectivity index (χ4v) is 2.67. The van der Waals surface area contributed by atoms with Gasteiger partial charge >= 0.3 is 12.3 Å². The number of carbonyl (C=O) groups is 3. The van der Waals surface area contributed by atoms with E-state index in [0.717, 1.165) is 0 Å². The van der Waals surface area contributed by atoms with E-state index < -0.39 is 46.4 Å². The number of nitrogens with two attached hydrogens (primary N) is 1. The minimum absolute atomic E-state index is 0.0844. The summed E-state index contributed by atoms with van der Waals surface area (Å²) in [5, 5.41) is 0. The van der Waals surface area contributed by atoms with Crippen LogP contribution in [0.3, 0.4) is 0 Å². The third-order valence-corrected chi connectivity index (χ3v) is 3.69. The molecule has 1 aliphatic heterocycles. The lowest BCUT2D eigenvalue weighted by atomic mass is 9.77. The summed E-state index contributed by atoms with van der Waals surface area (Å²) >= 11 is 0. The van der Waals surface area contributed by atoms with Crippen LogP contribution >= 0.6 is 0 Å². The second kappa shape index (κ2) is 6.96. The van der Waals surface area contributed by atoms with Gasteiger partial charge in [-0.15, -0.1) is 13.2 Å². The van der Waals surface area contributed by atoms with Gasteiger partial charge in [0.05, 0.1) is 12.2 Å². The quantitative estimate of drug-likeness (QED) is 0.505. The SMILES string of the molecule is CCOC(=O)C1=CN(C(F)(F)F)C(=O)C(C(N)=O)C1c1ccccc1. The molecule has 0 radical (unpaired) electrons. The molecule has 2 atom stereocenters. The van der Waals surface area contributed by atoms with Gasteiger partial charge in [-0.3, -0.25) is 9.59 Å². The Balaban J connectivity index is 2.67. The molecule has 1 aliphatic rings. The molecule has 1 aromatic rings. The topological polar surface area (TPSA) is 89.7 Å². The van der Waals surface area contributed by atoms with Crippen molar-refractivity contribution in [2.45, 2.75) is 19.1 Å². The standard InChI is InChI=1S/C16H15F3N2O4/c1-2-25-15(24)10-8-21(16(17,18)19)14(23)12(13(20)22)11(10)9-6-4-3-5-7-9/h3-8,11-12H,2H2,1H3,(H2,20,22). The molecule has 0 aliphatic carbocycles. The maximum absolute atomic E-state index is 13.1. The number of alkyl halides is 3. The van der Waals surface area contributed by atoms with Crippen LogP contribution in [-0.2, 0) is 19.1 Å². The summed E-state index contributed by atoms with van der Waals surface area (Å²) in [5.41, 5.74) is 5.04. The maximum Gasteiger partial charge on any atom is 0.491 e. The number of primary amides is 1. The van der Waals surface area contributed by atoms with E-state index in [4.69, 9.17) is 10.5 Å². The number of nitrogens with zero attached hydrogens (tertiary/aromatic N) is 1. The first kappa shape index (κ1) is 18.5. The van der Waals surface area contributed by atoms with Gasteiger partial charge in [0.2, 0.25) is 11.8 Å². The molecule has 134 valence electrons. The first-order valence-corrected chi connectivity index (χ1v) is 7.31. The number of rotatable bonds is 4. The normalized spacial score (nSPS) is 20.9. The molecule has 0 bridgehead atoms. The van der Waals surface area contributed by atoms with Crippen LogP contribution in [0.1, 0.15) is 18.4 Å². The summed E-state index contributed by atoms with van der Waals surface area (Å²) in [6.45, 7) is 1.40. The number of benzene rings is 1. The fourth-order valence-electron chi connectivity index (χ4n) is 2.67. The van der Waals surface area contributed by atoms with Crippen molar-refractivity contribution >= 4 is 17.8 Å². The van der Waals surface area contributed by atoms with Gasteiger partial charge in [0.25, 0.3) is 0 Å². The molecule has 2 rings (SSSR count). The summed E-state index contributed by atoms with van der Waals surface area (Å²) in [6, 6.07) is 7.76. The van der Waals surface area contributed by atoms with Gasteiger partial charge in [-0.2, -0.15) is 0 Å². The van der Waals surface area contributed by atoms with E-state index in [-0.39, 0.29) is 6.61 Å². The van der Waals surface area contributed by atoms with E-state index in [2.05, 4.69) is 0 Å². The minimum atomic E-state index is -5.11. The average molecular weight is 356 g/mol. The highest BCUT2D eigenvalue weighted by molar-refractivity contribution is 6.06. The van der Waals surface area contributed by atoms with Crippen LogP contribution in [0, 0.1) is 5.92 Å². The molecule has 2 N–H and O–H groups in total. The van der Waals surface area contributed by atoms with Gasteiger partial charge in [0.15, 0.2) is 0 Å². The molecule has 9 heteroatoms. The number of carbonyl (C=O) groups excluding carboxylic acids is 3. The van der Waals surface area contributed by atoms with Crippen molar-refractivity contribution in [1.29, 1.82) is 0 Å². The van der Waals surface area contributed by atoms with Gasteiger partial charge < -0.3 is 10.5 Å². The van der Waals surface area contributed by atoms with Crippen molar-refractivity contribution in [3.05, 3.63) is 47.7 Å². The lowest BCUT2D eigenvalue weighted by Gasteiger charge is -2.35. The predicted octanol–water partition coefficient (Wildman–Crippen LogP) is 1.68. The number of ether oxygens (including phenoxy) is 1. The Hall–Kier alpha value is -2.84. The number of halogens is 3. The van der Waals surface area contributed by atoms with Crippen molar-refractivity contribution in [3.63, 3.8) is 0 Å². The average Bonchev–Trinajstić information content (AvgIpc) is 2.53. The van der Waals surface area contributed by atoms with Crippen LogP contribution in [0.2, 0.25) is 0 Å². The molecule has 0 aromatic heterocycles.